The van der Waals surface area contributed by atoms with Gasteiger partial charge in [-0.15, -0.1) is 0 Å². The largest absolute Gasteiger partial charge is 0.494 e. The zero-order valence-corrected chi connectivity index (χ0v) is 17.0. The Morgan fingerprint density at radius 2 is 1.90 bits per heavy atom. The van der Waals surface area contributed by atoms with E-state index >= 15 is 0 Å². The minimum absolute atomic E-state index is 0.0206. The predicted octanol–water partition coefficient (Wildman–Crippen LogP) is 0.503. The van der Waals surface area contributed by atoms with Crippen LogP contribution in [0.1, 0.15) is 5.56 Å². The maximum atomic E-state index is 13.2. The highest BCUT2D eigenvalue weighted by atomic mass is 32.2. The fourth-order valence-electron chi connectivity index (χ4n) is 2.29. The van der Waals surface area contributed by atoms with Crippen molar-refractivity contribution >= 4 is 28.4 Å². The van der Waals surface area contributed by atoms with Crippen LogP contribution in [-0.4, -0.2) is 51.2 Å². The van der Waals surface area contributed by atoms with Crippen LogP contribution in [0.15, 0.2) is 38.8 Å². The monoisotopic (exact) mass is 424 g/mol. The molecule has 0 aliphatic carbocycles. The maximum absolute atomic E-state index is 13.2. The Bertz CT molecular complexity index is 1030. The Morgan fingerprint density at radius 1 is 1.24 bits per heavy atom. The molecule has 2 N–H and O–H groups in total. The van der Waals surface area contributed by atoms with E-state index in [0.717, 1.165) is 20.9 Å². The molecule has 0 spiro atoms. The molecule has 0 radical (unpaired) electrons. The lowest BCUT2D eigenvalue weighted by molar-refractivity contribution is -0.118. The Kier molecular flexibility index (Phi) is 7.74. The van der Waals surface area contributed by atoms with Crippen molar-refractivity contribution in [1.29, 1.82) is 0 Å². The normalized spacial score (nSPS) is 11.5. The number of hydrogen-bond donors (Lipinski definition) is 2. The van der Waals surface area contributed by atoms with Gasteiger partial charge in [0, 0.05) is 27.7 Å². The van der Waals surface area contributed by atoms with Crippen molar-refractivity contribution in [2.75, 3.05) is 26.0 Å². The summed E-state index contributed by atoms with van der Waals surface area (Å²) >= 11 is 0.906. The summed E-state index contributed by atoms with van der Waals surface area (Å²) in [5.74, 6) is -1.47. The summed E-state index contributed by atoms with van der Waals surface area (Å²) in [5, 5.41) is 13.0. The number of nitrogens with one attached hydrogen (secondary N) is 1. The summed E-state index contributed by atoms with van der Waals surface area (Å²) in [4.78, 5) is 40.9. The van der Waals surface area contributed by atoms with E-state index in [1.54, 1.807) is 0 Å². The van der Waals surface area contributed by atoms with Gasteiger partial charge in [0.1, 0.15) is 16.4 Å². The van der Waals surface area contributed by atoms with Crippen LogP contribution in [0.2, 0.25) is 0 Å². The molecule has 0 atom stereocenters. The number of rotatable bonds is 7. The molecule has 2 aromatic rings. The molecule has 0 bridgehead atoms. The van der Waals surface area contributed by atoms with Crippen molar-refractivity contribution in [3.05, 3.63) is 56.5 Å². The summed E-state index contributed by atoms with van der Waals surface area (Å²) in [7, 11) is 4.08. The Balaban J connectivity index is 2.46. The van der Waals surface area contributed by atoms with Crippen LogP contribution in [0.4, 0.5) is 10.1 Å². The maximum Gasteiger partial charge on any atom is 0.333 e. The molecular formula is C18H21FN4O5S. The van der Waals surface area contributed by atoms with E-state index in [2.05, 4.69) is 10.3 Å². The highest BCUT2D eigenvalue weighted by Crippen LogP contribution is 2.23. The second-order valence-corrected chi connectivity index (χ2v) is 6.89. The summed E-state index contributed by atoms with van der Waals surface area (Å²) in [5.41, 5.74) is -1.39. The number of carbonyl (C=O) groups excluding carboxylic acids is 1. The number of benzene rings is 1. The third kappa shape index (κ3) is 5.55. The van der Waals surface area contributed by atoms with Crippen LogP contribution >= 0.6 is 11.8 Å². The Hall–Kier alpha value is -2.92. The third-order valence-corrected chi connectivity index (χ3v) is 4.85. The van der Waals surface area contributed by atoms with Gasteiger partial charge >= 0.3 is 5.69 Å². The Morgan fingerprint density at radius 3 is 2.52 bits per heavy atom. The van der Waals surface area contributed by atoms with Crippen molar-refractivity contribution in [1.82, 2.24) is 14.5 Å². The third-order valence-electron chi connectivity index (χ3n) is 3.87. The van der Waals surface area contributed by atoms with Crippen LogP contribution in [0, 0.1) is 5.82 Å². The predicted molar refractivity (Wildman–Crippen MR) is 109 cm³/mol. The van der Waals surface area contributed by atoms with E-state index in [9.17, 15) is 23.9 Å². The number of nitrogens with zero attached hydrogens (tertiary/aromatic N) is 3. The molecule has 1 aromatic carbocycles. The van der Waals surface area contributed by atoms with Crippen molar-refractivity contribution in [2.24, 2.45) is 19.1 Å². The number of aliphatic imine (C=N–C) groups is 1. The van der Waals surface area contributed by atoms with Crippen molar-refractivity contribution in [3.63, 3.8) is 0 Å². The molecule has 156 valence electrons. The van der Waals surface area contributed by atoms with Crippen LogP contribution in [0.3, 0.4) is 0 Å². The molecule has 0 aliphatic rings. The number of aromatic nitrogens is 2. The van der Waals surface area contributed by atoms with Crippen LogP contribution in [0.25, 0.3) is 0 Å². The fraction of sp³-hybridized carbons (Fsp3) is 0.333. The number of hydrogen-bond acceptors (Lipinski definition) is 7. The zero-order valence-electron chi connectivity index (χ0n) is 16.1. The number of ether oxygens (including phenoxy) is 1. The van der Waals surface area contributed by atoms with Crippen molar-refractivity contribution in [3.8, 4) is 5.88 Å². The first-order valence-corrected chi connectivity index (χ1v) is 9.46. The average Bonchev–Trinajstić information content (AvgIpc) is 2.70. The van der Waals surface area contributed by atoms with Gasteiger partial charge in [0.25, 0.3) is 5.56 Å². The fourth-order valence-corrected chi connectivity index (χ4v) is 3.15. The molecule has 0 unspecified atom stereocenters. The standard InChI is InChI=1S/C18H21FN4O5S/c1-22-16(25)14(17(26)23(2)18(22)27)15(21-12-6-4-11(19)5-7-12)29-10-13(24)20-8-9-28-3/h4-7,25H,8-10H2,1-3H3,(H,20,24). The second kappa shape index (κ2) is 10.0. The van der Waals surface area contributed by atoms with Gasteiger partial charge < -0.3 is 15.2 Å². The van der Waals surface area contributed by atoms with Gasteiger partial charge in [-0.25, -0.2) is 14.2 Å². The van der Waals surface area contributed by atoms with Gasteiger partial charge in [-0.3, -0.25) is 18.7 Å². The lowest BCUT2D eigenvalue weighted by Gasteiger charge is -2.12. The lowest BCUT2D eigenvalue weighted by atomic mass is 10.3. The van der Waals surface area contributed by atoms with Gasteiger partial charge in [-0.2, -0.15) is 0 Å². The van der Waals surface area contributed by atoms with Gasteiger partial charge in [0.2, 0.25) is 11.8 Å². The summed E-state index contributed by atoms with van der Waals surface area (Å²) < 4.78 is 19.8. The number of carbonyl (C=O) groups is 1. The first-order chi connectivity index (χ1) is 13.8. The number of halogens is 1. The molecule has 2 rings (SSSR count). The first kappa shape index (κ1) is 22.4. The zero-order chi connectivity index (χ0) is 21.6. The molecule has 1 amide bonds. The molecule has 0 saturated carbocycles. The lowest BCUT2D eigenvalue weighted by Crippen LogP contribution is -2.40. The highest BCUT2D eigenvalue weighted by molar-refractivity contribution is 8.15. The second-order valence-electron chi connectivity index (χ2n) is 5.93. The van der Waals surface area contributed by atoms with E-state index in [-0.39, 0.29) is 22.3 Å². The average molecular weight is 424 g/mol. The smallest absolute Gasteiger partial charge is 0.333 e. The van der Waals surface area contributed by atoms with Gasteiger partial charge in [0.15, 0.2) is 0 Å². The molecule has 0 aliphatic heterocycles. The number of thioether (sulfide) groups is 1. The summed E-state index contributed by atoms with van der Waals surface area (Å²) in [6.07, 6.45) is 0. The number of methoxy groups -OCH3 is 1. The quantitative estimate of drug-likeness (QED) is 0.380. The Labute approximate surface area is 169 Å². The molecule has 11 heteroatoms. The van der Waals surface area contributed by atoms with Gasteiger partial charge in [-0.05, 0) is 24.3 Å². The van der Waals surface area contributed by atoms with Crippen LogP contribution in [-0.2, 0) is 23.6 Å². The minimum Gasteiger partial charge on any atom is -0.494 e. The van der Waals surface area contributed by atoms with E-state index in [1.165, 1.54) is 45.5 Å². The molecule has 1 aromatic heterocycles. The molecule has 1 heterocycles. The highest BCUT2D eigenvalue weighted by Gasteiger charge is 2.21. The summed E-state index contributed by atoms with van der Waals surface area (Å²) in [6, 6.07) is 5.16. The van der Waals surface area contributed by atoms with E-state index < -0.39 is 22.9 Å². The molecule has 9 nitrogen and oxygen atoms in total. The van der Waals surface area contributed by atoms with Crippen molar-refractivity contribution < 1.29 is 19.0 Å². The molecule has 0 fully saturated rings. The van der Waals surface area contributed by atoms with Crippen molar-refractivity contribution in [2.45, 2.75) is 0 Å². The first-order valence-electron chi connectivity index (χ1n) is 8.48. The topological polar surface area (TPSA) is 115 Å². The van der Waals surface area contributed by atoms with E-state index in [4.69, 9.17) is 4.74 Å². The SMILES string of the molecule is COCCNC(=O)CSC(=Nc1ccc(F)cc1)c1c(O)n(C)c(=O)n(C)c1=O. The van der Waals surface area contributed by atoms with Gasteiger partial charge in [-0.1, -0.05) is 11.8 Å². The van der Waals surface area contributed by atoms with Gasteiger partial charge in [0.05, 0.1) is 18.0 Å². The molecular weight excluding hydrogens is 403 g/mol. The minimum atomic E-state index is -0.765. The number of aromatic hydroxyl groups is 1. The van der Waals surface area contributed by atoms with E-state index in [1.807, 2.05) is 0 Å². The van der Waals surface area contributed by atoms with Crippen LogP contribution in [0.5, 0.6) is 5.88 Å². The molecule has 0 saturated heterocycles. The summed E-state index contributed by atoms with van der Waals surface area (Å²) in [6.45, 7) is 0.655. The number of amides is 1. The molecule has 29 heavy (non-hydrogen) atoms. The van der Waals surface area contributed by atoms with E-state index in [0.29, 0.717) is 18.8 Å². The van der Waals surface area contributed by atoms with Crippen LogP contribution < -0.4 is 16.6 Å².